The first kappa shape index (κ1) is 13.2. The second kappa shape index (κ2) is 6.00. The van der Waals surface area contributed by atoms with Crippen molar-refractivity contribution in [1.29, 1.82) is 0 Å². The molecule has 7 heteroatoms. The summed E-state index contributed by atoms with van der Waals surface area (Å²) < 4.78 is 0. The van der Waals surface area contributed by atoms with E-state index in [4.69, 9.17) is 10.2 Å². The topological polar surface area (TPSA) is 104 Å². The van der Waals surface area contributed by atoms with Gasteiger partial charge in [0.1, 0.15) is 6.04 Å². The maximum absolute atomic E-state index is 11.4. The third-order valence-electron chi connectivity index (χ3n) is 1.93. The molecule has 0 aliphatic heterocycles. The van der Waals surface area contributed by atoms with Crippen LogP contribution in [0, 0.1) is 0 Å². The molecule has 1 unspecified atom stereocenters. The normalized spacial score (nSPS) is 11.8. The number of carboxylic acids is 2. The van der Waals surface area contributed by atoms with Crippen LogP contribution >= 0.6 is 11.3 Å². The Balaban J connectivity index is 2.52. The molecular formula is C10H11NO5S. The fourth-order valence-corrected chi connectivity index (χ4v) is 1.89. The van der Waals surface area contributed by atoms with Crippen LogP contribution < -0.4 is 5.32 Å². The highest BCUT2D eigenvalue weighted by molar-refractivity contribution is 7.10. The van der Waals surface area contributed by atoms with Gasteiger partial charge in [-0.05, 0) is 11.4 Å². The smallest absolute Gasteiger partial charge is 0.326 e. The van der Waals surface area contributed by atoms with E-state index in [0.29, 0.717) is 0 Å². The van der Waals surface area contributed by atoms with Gasteiger partial charge in [0.15, 0.2) is 0 Å². The standard InChI is InChI=1S/C10H11NO5S/c12-8(4-6-2-1-3-17-6)11-7(10(15)16)5-9(13)14/h1-3,7H,4-5H2,(H,11,12)(H,13,14)(H,15,16). The zero-order valence-corrected chi connectivity index (χ0v) is 9.57. The first-order valence-corrected chi connectivity index (χ1v) is 5.63. The van der Waals surface area contributed by atoms with E-state index in [2.05, 4.69) is 5.32 Å². The first-order valence-electron chi connectivity index (χ1n) is 4.75. The average molecular weight is 257 g/mol. The molecule has 0 aliphatic rings. The molecule has 0 bridgehead atoms. The number of nitrogens with one attached hydrogen (secondary N) is 1. The van der Waals surface area contributed by atoms with Crippen molar-refractivity contribution in [2.45, 2.75) is 18.9 Å². The van der Waals surface area contributed by atoms with Crippen LogP contribution in [0.15, 0.2) is 17.5 Å². The number of hydrogen-bond acceptors (Lipinski definition) is 4. The Bertz CT molecular complexity index is 414. The van der Waals surface area contributed by atoms with Gasteiger partial charge >= 0.3 is 11.9 Å². The Morgan fingerprint density at radius 2 is 2.06 bits per heavy atom. The van der Waals surface area contributed by atoms with Crippen molar-refractivity contribution in [3.05, 3.63) is 22.4 Å². The molecule has 1 rings (SSSR count). The maximum atomic E-state index is 11.4. The number of aliphatic carboxylic acids is 2. The Morgan fingerprint density at radius 3 is 2.53 bits per heavy atom. The van der Waals surface area contributed by atoms with Gasteiger partial charge in [-0.25, -0.2) is 4.79 Å². The molecule has 0 aromatic carbocycles. The lowest BCUT2D eigenvalue weighted by molar-refractivity contribution is -0.147. The second-order valence-electron chi connectivity index (χ2n) is 3.31. The van der Waals surface area contributed by atoms with Gasteiger partial charge < -0.3 is 15.5 Å². The SMILES string of the molecule is O=C(O)CC(NC(=O)Cc1cccs1)C(=O)O. The number of carbonyl (C=O) groups is 3. The molecule has 0 radical (unpaired) electrons. The lowest BCUT2D eigenvalue weighted by Gasteiger charge is -2.11. The molecule has 0 fully saturated rings. The summed E-state index contributed by atoms with van der Waals surface area (Å²) in [6, 6.07) is 2.14. The molecule has 0 saturated carbocycles. The van der Waals surface area contributed by atoms with Crippen molar-refractivity contribution in [3.8, 4) is 0 Å². The number of hydrogen-bond donors (Lipinski definition) is 3. The van der Waals surface area contributed by atoms with Gasteiger partial charge in [0, 0.05) is 4.88 Å². The Morgan fingerprint density at radius 1 is 1.35 bits per heavy atom. The molecule has 0 saturated heterocycles. The molecule has 92 valence electrons. The largest absolute Gasteiger partial charge is 0.481 e. The van der Waals surface area contributed by atoms with E-state index in [0.717, 1.165) is 4.88 Å². The van der Waals surface area contributed by atoms with Crippen LogP contribution in [-0.2, 0) is 20.8 Å². The lowest BCUT2D eigenvalue weighted by atomic mass is 10.2. The van der Waals surface area contributed by atoms with Gasteiger partial charge in [-0.2, -0.15) is 0 Å². The fourth-order valence-electron chi connectivity index (χ4n) is 1.19. The van der Waals surface area contributed by atoms with Gasteiger partial charge in [-0.1, -0.05) is 6.07 Å². The summed E-state index contributed by atoms with van der Waals surface area (Å²) in [6.07, 6.45) is -0.577. The highest BCUT2D eigenvalue weighted by Crippen LogP contribution is 2.09. The summed E-state index contributed by atoms with van der Waals surface area (Å²) in [5.74, 6) is -3.12. The zero-order chi connectivity index (χ0) is 12.8. The van der Waals surface area contributed by atoms with Gasteiger partial charge in [-0.3, -0.25) is 9.59 Å². The molecule has 1 aromatic heterocycles. The zero-order valence-electron chi connectivity index (χ0n) is 8.75. The summed E-state index contributed by atoms with van der Waals surface area (Å²) in [5, 5.41) is 21.2. The minimum atomic E-state index is -1.39. The van der Waals surface area contributed by atoms with Crippen molar-refractivity contribution >= 4 is 29.2 Å². The van der Waals surface area contributed by atoms with Crippen molar-refractivity contribution in [2.75, 3.05) is 0 Å². The molecule has 6 nitrogen and oxygen atoms in total. The Kier molecular flexibility index (Phi) is 4.65. The number of amides is 1. The van der Waals surface area contributed by atoms with Gasteiger partial charge in [0.25, 0.3) is 0 Å². The van der Waals surface area contributed by atoms with Crippen LogP contribution in [0.2, 0.25) is 0 Å². The fraction of sp³-hybridized carbons (Fsp3) is 0.300. The van der Waals surface area contributed by atoms with Crippen LogP contribution in [-0.4, -0.2) is 34.1 Å². The van der Waals surface area contributed by atoms with E-state index in [1.807, 2.05) is 0 Å². The summed E-state index contributed by atoms with van der Waals surface area (Å²) in [4.78, 5) is 33.3. The highest BCUT2D eigenvalue weighted by Gasteiger charge is 2.22. The number of carboxylic acid groups (broad SMARTS) is 2. The molecule has 1 heterocycles. The van der Waals surface area contributed by atoms with Crippen LogP contribution in [0.25, 0.3) is 0 Å². The number of rotatable bonds is 6. The summed E-state index contributed by atoms with van der Waals surface area (Å²) in [6.45, 7) is 0. The Hall–Kier alpha value is -1.89. The van der Waals surface area contributed by atoms with E-state index >= 15 is 0 Å². The maximum Gasteiger partial charge on any atom is 0.326 e. The van der Waals surface area contributed by atoms with E-state index in [1.165, 1.54) is 11.3 Å². The molecule has 0 aliphatic carbocycles. The van der Waals surface area contributed by atoms with Crippen LogP contribution in [0.1, 0.15) is 11.3 Å². The number of thiophene rings is 1. The van der Waals surface area contributed by atoms with Gasteiger partial charge in [-0.15, -0.1) is 11.3 Å². The quantitative estimate of drug-likeness (QED) is 0.681. The summed E-state index contributed by atoms with van der Waals surface area (Å²) in [7, 11) is 0. The van der Waals surface area contributed by atoms with Crippen LogP contribution in [0.3, 0.4) is 0 Å². The van der Waals surface area contributed by atoms with Gasteiger partial charge in [0.05, 0.1) is 12.8 Å². The molecule has 1 amide bonds. The monoisotopic (exact) mass is 257 g/mol. The molecule has 17 heavy (non-hydrogen) atoms. The third kappa shape index (κ3) is 4.64. The lowest BCUT2D eigenvalue weighted by Crippen LogP contribution is -2.42. The molecule has 3 N–H and O–H groups in total. The predicted molar refractivity (Wildman–Crippen MR) is 59.8 cm³/mol. The second-order valence-corrected chi connectivity index (χ2v) is 4.34. The summed E-state index contributed by atoms with van der Waals surface area (Å²) >= 11 is 1.38. The van der Waals surface area contributed by atoms with E-state index in [9.17, 15) is 14.4 Å². The third-order valence-corrected chi connectivity index (χ3v) is 2.80. The number of carbonyl (C=O) groups excluding carboxylic acids is 1. The molecule has 1 aromatic rings. The molecule has 1 atom stereocenters. The predicted octanol–water partition coefficient (Wildman–Crippen LogP) is 0.335. The molecule has 0 spiro atoms. The van der Waals surface area contributed by atoms with Crippen molar-refractivity contribution in [3.63, 3.8) is 0 Å². The van der Waals surface area contributed by atoms with E-state index < -0.39 is 30.3 Å². The van der Waals surface area contributed by atoms with Crippen molar-refractivity contribution < 1.29 is 24.6 Å². The Labute approximate surface area is 101 Å². The molecular weight excluding hydrogens is 246 g/mol. The van der Waals surface area contributed by atoms with E-state index in [1.54, 1.807) is 17.5 Å². The van der Waals surface area contributed by atoms with Crippen LogP contribution in [0.5, 0.6) is 0 Å². The van der Waals surface area contributed by atoms with Crippen molar-refractivity contribution in [1.82, 2.24) is 5.32 Å². The van der Waals surface area contributed by atoms with E-state index in [-0.39, 0.29) is 6.42 Å². The summed E-state index contributed by atoms with van der Waals surface area (Å²) in [5.41, 5.74) is 0. The average Bonchev–Trinajstić information content (AvgIpc) is 2.68. The first-order chi connectivity index (χ1) is 7.99. The van der Waals surface area contributed by atoms with Crippen LogP contribution in [0.4, 0.5) is 0 Å². The van der Waals surface area contributed by atoms with Gasteiger partial charge in [0.2, 0.25) is 5.91 Å². The highest BCUT2D eigenvalue weighted by atomic mass is 32.1. The van der Waals surface area contributed by atoms with Crippen molar-refractivity contribution in [2.24, 2.45) is 0 Å². The minimum absolute atomic E-state index is 0.0566. The minimum Gasteiger partial charge on any atom is -0.481 e.